The fraction of sp³-hybridized carbons (Fsp3) is 0.318. The number of amides is 1. The number of aromatic hydroxyl groups is 1. The van der Waals surface area contributed by atoms with E-state index in [1.807, 2.05) is 29.2 Å². The van der Waals surface area contributed by atoms with E-state index in [2.05, 4.69) is 4.98 Å². The van der Waals surface area contributed by atoms with Crippen molar-refractivity contribution in [3.63, 3.8) is 0 Å². The number of hydrogen-bond donors (Lipinski definition) is 2. The molecule has 1 aromatic carbocycles. The number of carbonyl (C=O) groups excluding carboxylic acids is 1. The van der Waals surface area contributed by atoms with Crippen LogP contribution in [0.1, 0.15) is 47.6 Å². The summed E-state index contributed by atoms with van der Waals surface area (Å²) in [6.07, 6.45) is 9.58. The Balaban J connectivity index is 1.80. The Morgan fingerprint density at radius 2 is 2.00 bits per heavy atom. The van der Waals surface area contributed by atoms with Gasteiger partial charge in [0.05, 0.1) is 11.6 Å². The minimum absolute atomic E-state index is 0.0190. The Kier molecular flexibility index (Phi) is 6.42. The molecule has 2 heterocycles. The average Bonchev–Trinajstić information content (AvgIpc) is 3.12. The number of hydrogen-bond acceptors (Lipinski definition) is 4. The van der Waals surface area contributed by atoms with Gasteiger partial charge in [0, 0.05) is 25.4 Å². The molecule has 1 saturated heterocycles. The number of para-hydroxylation sites is 1. The number of benzene rings is 1. The molecule has 3 rings (SSSR count). The van der Waals surface area contributed by atoms with Gasteiger partial charge in [-0.3, -0.25) is 14.6 Å². The van der Waals surface area contributed by atoms with Crippen LogP contribution in [0.2, 0.25) is 0 Å². The number of pyridine rings is 1. The highest BCUT2D eigenvalue weighted by atomic mass is 16.4. The van der Waals surface area contributed by atoms with Crippen molar-refractivity contribution in [3.8, 4) is 5.75 Å². The molecule has 1 amide bonds. The van der Waals surface area contributed by atoms with E-state index < -0.39 is 5.97 Å². The maximum Gasteiger partial charge on any atom is 0.303 e. The molecule has 6 nitrogen and oxygen atoms in total. The van der Waals surface area contributed by atoms with E-state index in [-0.39, 0.29) is 30.0 Å². The standard InChI is InChI=1S/C22H24N2O4/c25-19-10-5-4-9-18(19)22(28)24-14-12-16(7-2-1-3-11-20(26)27)21(24)17-8-6-13-23-15-17/h1-2,4-6,8-10,13,15-16,21,25H,3,7,11-12,14H2,(H,26,27). The summed E-state index contributed by atoms with van der Waals surface area (Å²) in [6.45, 7) is 0.598. The van der Waals surface area contributed by atoms with Crippen molar-refractivity contribution in [3.05, 3.63) is 72.1 Å². The third kappa shape index (κ3) is 4.57. The summed E-state index contributed by atoms with van der Waals surface area (Å²) in [5.41, 5.74) is 1.27. The molecular weight excluding hydrogens is 356 g/mol. The predicted molar refractivity (Wildman–Crippen MR) is 105 cm³/mol. The van der Waals surface area contributed by atoms with E-state index in [1.54, 1.807) is 30.6 Å². The molecule has 2 N–H and O–H groups in total. The van der Waals surface area contributed by atoms with Gasteiger partial charge in [-0.2, -0.15) is 0 Å². The van der Waals surface area contributed by atoms with Crippen molar-refractivity contribution in [1.29, 1.82) is 0 Å². The lowest BCUT2D eigenvalue weighted by Crippen LogP contribution is -2.32. The Morgan fingerprint density at radius 3 is 2.71 bits per heavy atom. The van der Waals surface area contributed by atoms with E-state index in [1.165, 1.54) is 6.07 Å². The van der Waals surface area contributed by atoms with Crippen molar-refractivity contribution in [1.82, 2.24) is 9.88 Å². The van der Waals surface area contributed by atoms with Gasteiger partial charge in [0.1, 0.15) is 5.75 Å². The molecule has 1 aliphatic rings. The monoisotopic (exact) mass is 380 g/mol. The van der Waals surface area contributed by atoms with Crippen LogP contribution in [0.5, 0.6) is 5.75 Å². The van der Waals surface area contributed by atoms with E-state index >= 15 is 0 Å². The minimum Gasteiger partial charge on any atom is -0.507 e. The van der Waals surface area contributed by atoms with Gasteiger partial charge in [0.25, 0.3) is 5.91 Å². The van der Waals surface area contributed by atoms with Gasteiger partial charge in [-0.25, -0.2) is 0 Å². The molecule has 2 aromatic rings. The summed E-state index contributed by atoms with van der Waals surface area (Å²) >= 11 is 0. The number of aliphatic carboxylic acids is 1. The lowest BCUT2D eigenvalue weighted by Gasteiger charge is -2.28. The summed E-state index contributed by atoms with van der Waals surface area (Å²) in [6, 6.07) is 10.3. The number of likely N-dealkylation sites (tertiary alicyclic amines) is 1. The minimum atomic E-state index is -0.807. The molecule has 2 unspecified atom stereocenters. The Hall–Kier alpha value is -3.15. The Morgan fingerprint density at radius 1 is 1.18 bits per heavy atom. The molecule has 1 aliphatic heterocycles. The number of carboxylic acid groups (broad SMARTS) is 1. The fourth-order valence-corrected chi connectivity index (χ4v) is 3.74. The van der Waals surface area contributed by atoms with Crippen LogP contribution in [-0.4, -0.2) is 38.5 Å². The summed E-state index contributed by atoms with van der Waals surface area (Å²) in [7, 11) is 0. The van der Waals surface area contributed by atoms with Crippen molar-refractivity contribution >= 4 is 11.9 Å². The predicted octanol–water partition coefficient (Wildman–Crippen LogP) is 3.80. The zero-order chi connectivity index (χ0) is 19.9. The highest BCUT2D eigenvalue weighted by Crippen LogP contribution is 2.40. The highest BCUT2D eigenvalue weighted by Gasteiger charge is 2.38. The molecule has 0 aliphatic carbocycles. The number of phenolic OH excluding ortho intramolecular Hbond substituents is 1. The van der Waals surface area contributed by atoms with Crippen LogP contribution in [0.3, 0.4) is 0 Å². The molecule has 1 aromatic heterocycles. The molecule has 6 heteroatoms. The number of phenols is 1. The summed E-state index contributed by atoms with van der Waals surface area (Å²) in [5.74, 6) is -0.808. The second kappa shape index (κ2) is 9.17. The van der Waals surface area contributed by atoms with Gasteiger partial charge in [0.2, 0.25) is 0 Å². The number of nitrogens with zero attached hydrogens (tertiary/aromatic N) is 2. The second-order valence-corrected chi connectivity index (χ2v) is 6.94. The SMILES string of the molecule is O=C(O)CCC=CCC1CCN(C(=O)c2ccccc2O)C1c1cccnc1. The average molecular weight is 380 g/mol. The molecule has 146 valence electrons. The number of allylic oxidation sites excluding steroid dienone is 2. The second-order valence-electron chi connectivity index (χ2n) is 6.94. The van der Waals surface area contributed by atoms with E-state index in [9.17, 15) is 14.7 Å². The zero-order valence-corrected chi connectivity index (χ0v) is 15.6. The maximum atomic E-state index is 13.1. The van der Waals surface area contributed by atoms with Crippen LogP contribution in [0, 0.1) is 5.92 Å². The molecule has 0 bridgehead atoms. The van der Waals surface area contributed by atoms with Gasteiger partial charge in [-0.05, 0) is 48.9 Å². The third-order valence-corrected chi connectivity index (χ3v) is 5.07. The van der Waals surface area contributed by atoms with Gasteiger partial charge >= 0.3 is 5.97 Å². The normalized spacial score (nSPS) is 19.2. The van der Waals surface area contributed by atoms with Crippen LogP contribution >= 0.6 is 0 Å². The lowest BCUT2D eigenvalue weighted by molar-refractivity contribution is -0.136. The number of rotatable bonds is 7. The summed E-state index contributed by atoms with van der Waals surface area (Å²) < 4.78 is 0. The number of aromatic nitrogens is 1. The molecular formula is C22H24N2O4. The summed E-state index contributed by atoms with van der Waals surface area (Å²) in [5, 5.41) is 18.8. The van der Waals surface area contributed by atoms with E-state index in [0.29, 0.717) is 18.5 Å². The van der Waals surface area contributed by atoms with Crippen molar-refractivity contribution in [2.45, 2.75) is 31.7 Å². The van der Waals surface area contributed by atoms with Gasteiger partial charge in [-0.15, -0.1) is 0 Å². The van der Waals surface area contributed by atoms with E-state index in [4.69, 9.17) is 5.11 Å². The highest BCUT2D eigenvalue weighted by molar-refractivity contribution is 5.97. The first-order valence-corrected chi connectivity index (χ1v) is 9.43. The van der Waals surface area contributed by atoms with Crippen LogP contribution in [-0.2, 0) is 4.79 Å². The zero-order valence-electron chi connectivity index (χ0n) is 15.6. The van der Waals surface area contributed by atoms with Gasteiger partial charge in [0.15, 0.2) is 0 Å². The fourth-order valence-electron chi connectivity index (χ4n) is 3.74. The third-order valence-electron chi connectivity index (χ3n) is 5.07. The molecule has 1 fully saturated rings. The first-order chi connectivity index (χ1) is 13.6. The van der Waals surface area contributed by atoms with E-state index in [0.717, 1.165) is 18.4 Å². The quantitative estimate of drug-likeness (QED) is 0.713. The maximum absolute atomic E-state index is 13.1. The molecule has 0 saturated carbocycles. The van der Waals surface area contributed by atoms with Crippen molar-refractivity contribution in [2.75, 3.05) is 6.54 Å². The van der Waals surface area contributed by atoms with Crippen LogP contribution in [0.25, 0.3) is 0 Å². The Bertz CT molecular complexity index is 851. The van der Waals surface area contributed by atoms with Crippen LogP contribution in [0.4, 0.5) is 0 Å². The molecule has 28 heavy (non-hydrogen) atoms. The number of carbonyl (C=O) groups is 2. The molecule has 0 radical (unpaired) electrons. The lowest BCUT2D eigenvalue weighted by atomic mass is 9.91. The van der Waals surface area contributed by atoms with Crippen molar-refractivity contribution < 1.29 is 19.8 Å². The first-order valence-electron chi connectivity index (χ1n) is 9.43. The number of carboxylic acids is 1. The molecule has 2 atom stereocenters. The summed E-state index contributed by atoms with van der Waals surface area (Å²) in [4.78, 5) is 29.8. The topological polar surface area (TPSA) is 90.7 Å². The van der Waals surface area contributed by atoms with Crippen molar-refractivity contribution in [2.24, 2.45) is 5.92 Å². The smallest absolute Gasteiger partial charge is 0.303 e. The van der Waals surface area contributed by atoms with Gasteiger partial charge in [-0.1, -0.05) is 30.4 Å². The first kappa shape index (κ1) is 19.6. The van der Waals surface area contributed by atoms with Gasteiger partial charge < -0.3 is 15.1 Å². The molecule has 0 spiro atoms. The largest absolute Gasteiger partial charge is 0.507 e. The Labute approximate surface area is 164 Å². The van der Waals surface area contributed by atoms with Crippen LogP contribution < -0.4 is 0 Å². The van der Waals surface area contributed by atoms with Crippen LogP contribution in [0.15, 0.2) is 60.9 Å².